The number of likely N-dealkylation sites (tertiary alicyclic amines) is 1. The Bertz CT molecular complexity index is 881. The van der Waals surface area contributed by atoms with Crippen molar-refractivity contribution in [2.45, 2.75) is 32.2 Å². The van der Waals surface area contributed by atoms with Crippen LogP contribution in [0.5, 0.6) is 0 Å². The Labute approximate surface area is 160 Å². The Hall–Kier alpha value is -2.79. The van der Waals surface area contributed by atoms with Crippen molar-refractivity contribution in [3.63, 3.8) is 0 Å². The second-order valence-corrected chi connectivity index (χ2v) is 7.05. The number of benzene rings is 1. The van der Waals surface area contributed by atoms with Crippen LogP contribution in [0.1, 0.15) is 35.7 Å². The highest BCUT2D eigenvalue weighted by Gasteiger charge is 2.27. The summed E-state index contributed by atoms with van der Waals surface area (Å²) in [5.41, 5.74) is 3.52. The van der Waals surface area contributed by atoms with Crippen molar-refractivity contribution in [3.8, 4) is 0 Å². The fraction of sp³-hybridized carbons (Fsp3) is 0.318. The van der Waals surface area contributed by atoms with E-state index in [1.54, 1.807) is 12.4 Å². The van der Waals surface area contributed by atoms with Gasteiger partial charge in [0.05, 0.1) is 24.1 Å². The molecule has 0 amide bonds. The van der Waals surface area contributed by atoms with E-state index in [1.165, 1.54) is 12.0 Å². The summed E-state index contributed by atoms with van der Waals surface area (Å²) in [4.78, 5) is 16.2. The molecule has 1 aliphatic rings. The molecule has 1 aromatic carbocycles. The minimum Gasteiger partial charge on any atom is -0.323 e. The standard InChI is InChI=1S/C22H25N5/c1-17-7-5-12-24-22(17)26-21-16-23-15-19(25-21)20-10-6-13-27(20)14-11-18-8-3-2-4-9-18/h2-5,7-9,12,15-16,20H,6,10-11,13-14H2,1H3,(H,24,25,26)/t20-/m0/s1. The second-order valence-electron chi connectivity index (χ2n) is 7.05. The lowest BCUT2D eigenvalue weighted by atomic mass is 10.1. The van der Waals surface area contributed by atoms with E-state index in [0.29, 0.717) is 6.04 Å². The normalized spacial score (nSPS) is 17.1. The van der Waals surface area contributed by atoms with E-state index in [-0.39, 0.29) is 0 Å². The molecule has 1 N–H and O–H groups in total. The van der Waals surface area contributed by atoms with E-state index >= 15 is 0 Å². The first-order valence-corrected chi connectivity index (χ1v) is 9.58. The summed E-state index contributed by atoms with van der Waals surface area (Å²) in [7, 11) is 0. The molecule has 2 aromatic heterocycles. The van der Waals surface area contributed by atoms with Gasteiger partial charge < -0.3 is 5.32 Å². The first-order valence-electron chi connectivity index (χ1n) is 9.58. The van der Waals surface area contributed by atoms with Crippen molar-refractivity contribution >= 4 is 11.6 Å². The summed E-state index contributed by atoms with van der Waals surface area (Å²) in [5, 5.41) is 3.31. The molecule has 3 heterocycles. The largest absolute Gasteiger partial charge is 0.323 e. The Morgan fingerprint density at radius 2 is 2.00 bits per heavy atom. The molecule has 27 heavy (non-hydrogen) atoms. The number of pyridine rings is 1. The predicted octanol–water partition coefficient (Wildman–Crippen LogP) is 4.30. The van der Waals surface area contributed by atoms with Crippen LogP contribution in [0.25, 0.3) is 0 Å². The number of rotatable bonds is 6. The van der Waals surface area contributed by atoms with E-state index in [2.05, 4.69) is 50.5 Å². The van der Waals surface area contributed by atoms with Gasteiger partial charge in [0.1, 0.15) is 11.6 Å². The van der Waals surface area contributed by atoms with Crippen molar-refractivity contribution < 1.29 is 0 Å². The molecule has 0 saturated carbocycles. The third kappa shape index (κ3) is 4.31. The maximum atomic E-state index is 4.84. The molecule has 4 rings (SSSR count). The molecule has 0 unspecified atom stereocenters. The van der Waals surface area contributed by atoms with Gasteiger partial charge in [0, 0.05) is 12.7 Å². The van der Waals surface area contributed by atoms with Gasteiger partial charge in [0.25, 0.3) is 0 Å². The van der Waals surface area contributed by atoms with Crippen molar-refractivity contribution in [1.82, 2.24) is 19.9 Å². The lowest BCUT2D eigenvalue weighted by Crippen LogP contribution is -2.26. The zero-order chi connectivity index (χ0) is 18.5. The molecule has 3 aromatic rings. The first-order chi connectivity index (χ1) is 13.3. The summed E-state index contributed by atoms with van der Waals surface area (Å²) < 4.78 is 0. The van der Waals surface area contributed by atoms with Gasteiger partial charge in [-0.1, -0.05) is 36.4 Å². The highest BCUT2D eigenvalue weighted by Crippen LogP contribution is 2.31. The molecule has 5 nitrogen and oxygen atoms in total. The Morgan fingerprint density at radius 1 is 1.11 bits per heavy atom. The zero-order valence-electron chi connectivity index (χ0n) is 15.7. The number of aromatic nitrogens is 3. The van der Waals surface area contributed by atoms with E-state index in [4.69, 9.17) is 4.98 Å². The third-order valence-corrected chi connectivity index (χ3v) is 5.14. The maximum absolute atomic E-state index is 4.84. The summed E-state index contributed by atoms with van der Waals surface area (Å²) in [6, 6.07) is 15.0. The molecule has 0 radical (unpaired) electrons. The molecular formula is C22H25N5. The molecule has 1 aliphatic heterocycles. The van der Waals surface area contributed by atoms with E-state index in [9.17, 15) is 0 Å². The average molecular weight is 359 g/mol. The number of hydrogen-bond acceptors (Lipinski definition) is 5. The van der Waals surface area contributed by atoms with Crippen LogP contribution in [-0.2, 0) is 6.42 Å². The van der Waals surface area contributed by atoms with Gasteiger partial charge in [0.2, 0.25) is 0 Å². The molecule has 0 aliphatic carbocycles. The smallest absolute Gasteiger partial charge is 0.150 e. The minimum absolute atomic E-state index is 0.341. The fourth-order valence-corrected chi connectivity index (χ4v) is 3.69. The lowest BCUT2D eigenvalue weighted by molar-refractivity contribution is 0.256. The SMILES string of the molecule is Cc1cccnc1Nc1cncc([C@@H]2CCCN2CCc2ccccc2)n1. The molecule has 5 heteroatoms. The van der Waals surface area contributed by atoms with Gasteiger partial charge in [-0.05, 0) is 49.9 Å². The number of hydrogen-bond donors (Lipinski definition) is 1. The van der Waals surface area contributed by atoms with Crippen molar-refractivity contribution in [2.75, 3.05) is 18.4 Å². The number of nitrogens with one attached hydrogen (secondary N) is 1. The van der Waals surface area contributed by atoms with Gasteiger partial charge in [-0.25, -0.2) is 9.97 Å². The molecular weight excluding hydrogens is 334 g/mol. The lowest BCUT2D eigenvalue weighted by Gasteiger charge is -2.24. The molecule has 0 bridgehead atoms. The summed E-state index contributed by atoms with van der Waals surface area (Å²) in [6.45, 7) is 4.21. The molecule has 1 fully saturated rings. The highest BCUT2D eigenvalue weighted by atomic mass is 15.2. The summed E-state index contributed by atoms with van der Waals surface area (Å²) in [6.07, 6.45) is 8.86. The maximum Gasteiger partial charge on any atom is 0.150 e. The molecule has 138 valence electrons. The Kier molecular flexibility index (Phi) is 5.39. The van der Waals surface area contributed by atoms with Crippen molar-refractivity contribution in [1.29, 1.82) is 0 Å². The van der Waals surface area contributed by atoms with Gasteiger partial charge >= 0.3 is 0 Å². The predicted molar refractivity (Wildman–Crippen MR) is 108 cm³/mol. The number of aryl methyl sites for hydroxylation is 1. The van der Waals surface area contributed by atoms with Crippen LogP contribution in [0.4, 0.5) is 11.6 Å². The molecule has 1 saturated heterocycles. The quantitative estimate of drug-likeness (QED) is 0.711. The monoisotopic (exact) mass is 359 g/mol. The van der Waals surface area contributed by atoms with E-state index in [1.807, 2.05) is 25.3 Å². The molecule has 0 spiro atoms. The second kappa shape index (κ2) is 8.27. The summed E-state index contributed by atoms with van der Waals surface area (Å²) in [5.74, 6) is 1.58. The van der Waals surface area contributed by atoms with Crippen molar-refractivity contribution in [2.24, 2.45) is 0 Å². The van der Waals surface area contributed by atoms with Crippen molar-refractivity contribution in [3.05, 3.63) is 77.9 Å². The van der Waals surface area contributed by atoms with Crippen LogP contribution in [0.3, 0.4) is 0 Å². The average Bonchev–Trinajstić information content (AvgIpc) is 3.18. The number of nitrogens with zero attached hydrogens (tertiary/aromatic N) is 4. The van der Waals surface area contributed by atoms with E-state index in [0.717, 1.165) is 48.8 Å². The number of anilines is 2. The summed E-state index contributed by atoms with van der Waals surface area (Å²) >= 11 is 0. The van der Waals surface area contributed by atoms with Crippen LogP contribution in [0.2, 0.25) is 0 Å². The van der Waals surface area contributed by atoms with Crippen LogP contribution in [-0.4, -0.2) is 32.9 Å². The Balaban J connectivity index is 1.46. The minimum atomic E-state index is 0.341. The van der Waals surface area contributed by atoms with E-state index < -0.39 is 0 Å². The Morgan fingerprint density at radius 3 is 2.85 bits per heavy atom. The highest BCUT2D eigenvalue weighted by molar-refractivity contribution is 5.54. The van der Waals surface area contributed by atoms with Gasteiger partial charge in [-0.15, -0.1) is 0 Å². The first kappa shape index (κ1) is 17.6. The topological polar surface area (TPSA) is 53.9 Å². The zero-order valence-corrected chi connectivity index (χ0v) is 15.7. The van der Waals surface area contributed by atoms with Crippen LogP contribution in [0, 0.1) is 6.92 Å². The fourth-order valence-electron chi connectivity index (χ4n) is 3.69. The van der Waals surface area contributed by atoms with Crippen LogP contribution in [0.15, 0.2) is 61.1 Å². The van der Waals surface area contributed by atoms with Gasteiger partial charge in [-0.2, -0.15) is 0 Å². The molecule has 1 atom stereocenters. The van der Waals surface area contributed by atoms with Gasteiger partial charge in [0.15, 0.2) is 0 Å². The van der Waals surface area contributed by atoms with Crippen LogP contribution < -0.4 is 5.32 Å². The third-order valence-electron chi connectivity index (χ3n) is 5.14. The van der Waals surface area contributed by atoms with Crippen LogP contribution >= 0.6 is 0 Å². The van der Waals surface area contributed by atoms with Gasteiger partial charge in [-0.3, -0.25) is 9.88 Å².